The van der Waals surface area contributed by atoms with Crippen molar-refractivity contribution in [2.24, 2.45) is 0 Å². The number of carboxylic acids is 1. The highest BCUT2D eigenvalue weighted by atomic mass is 16.5. The number of nitrogens with one attached hydrogen (secondary N) is 1. The first-order valence-corrected chi connectivity index (χ1v) is 6.01. The quantitative estimate of drug-likeness (QED) is 0.627. The van der Waals surface area contributed by atoms with Gasteiger partial charge in [-0.15, -0.1) is 0 Å². The van der Waals surface area contributed by atoms with E-state index in [9.17, 15) is 9.59 Å². The Morgan fingerprint density at radius 3 is 2.61 bits per heavy atom. The first-order chi connectivity index (χ1) is 8.52. The van der Waals surface area contributed by atoms with E-state index < -0.39 is 12.1 Å². The Morgan fingerprint density at radius 2 is 2.06 bits per heavy atom. The number of hydrogen-bond acceptors (Lipinski definition) is 4. The number of carbonyl (C=O) groups excluding carboxylic acids is 1. The van der Waals surface area contributed by atoms with Gasteiger partial charge in [0.25, 0.3) is 0 Å². The molecule has 0 saturated carbocycles. The Balaban J connectivity index is 2.24. The Hall–Kier alpha value is -1.34. The number of amides is 2. The largest absolute Gasteiger partial charge is 0.479 e. The van der Waals surface area contributed by atoms with Crippen LogP contribution in [0.15, 0.2) is 0 Å². The van der Waals surface area contributed by atoms with Crippen LogP contribution >= 0.6 is 0 Å². The number of aliphatic hydroxyl groups excluding tert-OH is 1. The Kier molecular flexibility index (Phi) is 5.87. The Morgan fingerprint density at radius 1 is 1.44 bits per heavy atom. The predicted molar refractivity (Wildman–Crippen MR) is 63.3 cm³/mol. The topological polar surface area (TPSA) is 99.1 Å². The summed E-state index contributed by atoms with van der Waals surface area (Å²) in [4.78, 5) is 23.7. The Bertz CT molecular complexity index is 291. The van der Waals surface area contributed by atoms with Gasteiger partial charge in [-0.3, -0.25) is 0 Å². The van der Waals surface area contributed by atoms with Crippen molar-refractivity contribution in [1.29, 1.82) is 0 Å². The third-order valence-corrected chi connectivity index (χ3v) is 3.04. The molecule has 7 nitrogen and oxygen atoms in total. The molecule has 1 rings (SSSR count). The van der Waals surface area contributed by atoms with Crippen molar-refractivity contribution in [2.45, 2.75) is 31.4 Å². The monoisotopic (exact) mass is 260 g/mol. The summed E-state index contributed by atoms with van der Waals surface area (Å²) in [6.07, 6.45) is 0.185. The van der Waals surface area contributed by atoms with Crippen LogP contribution in [0.5, 0.6) is 0 Å². The minimum absolute atomic E-state index is 0.00267. The third kappa shape index (κ3) is 4.50. The second-order valence-corrected chi connectivity index (χ2v) is 4.33. The number of carbonyl (C=O) groups is 2. The molecule has 0 radical (unpaired) electrons. The van der Waals surface area contributed by atoms with Crippen LogP contribution in [0, 0.1) is 0 Å². The summed E-state index contributed by atoms with van der Waals surface area (Å²) < 4.78 is 5.21. The maximum absolute atomic E-state index is 11.7. The zero-order valence-electron chi connectivity index (χ0n) is 10.5. The molecule has 7 heteroatoms. The number of carboxylic acid groups (broad SMARTS) is 1. The van der Waals surface area contributed by atoms with Crippen LogP contribution in [0.1, 0.15) is 19.3 Å². The number of aliphatic hydroxyl groups is 1. The zero-order chi connectivity index (χ0) is 13.5. The van der Waals surface area contributed by atoms with Crippen molar-refractivity contribution >= 4 is 12.0 Å². The molecule has 3 N–H and O–H groups in total. The smallest absolute Gasteiger partial charge is 0.332 e. The van der Waals surface area contributed by atoms with Gasteiger partial charge >= 0.3 is 12.0 Å². The summed E-state index contributed by atoms with van der Waals surface area (Å²) in [5.74, 6) is -1.28. The molecule has 0 aromatic heterocycles. The SMILES string of the molecule is CN(C(=O)NCCC(O)C(=O)O)C1CCOCC1. The molecule has 0 spiro atoms. The van der Waals surface area contributed by atoms with Gasteiger partial charge in [0.15, 0.2) is 6.10 Å². The van der Waals surface area contributed by atoms with E-state index in [0.717, 1.165) is 12.8 Å². The summed E-state index contributed by atoms with van der Waals surface area (Å²) in [7, 11) is 1.71. The predicted octanol–water partition coefficient (Wildman–Crippen LogP) is -0.358. The van der Waals surface area contributed by atoms with Crippen LogP contribution < -0.4 is 5.32 Å². The van der Waals surface area contributed by atoms with Gasteiger partial charge in [-0.25, -0.2) is 9.59 Å². The summed E-state index contributed by atoms with van der Waals surface area (Å²) in [6.45, 7) is 1.44. The van der Waals surface area contributed by atoms with E-state index in [1.165, 1.54) is 0 Å². The lowest BCUT2D eigenvalue weighted by Gasteiger charge is -2.31. The van der Waals surface area contributed by atoms with Gasteiger partial charge in [-0.2, -0.15) is 0 Å². The standard InChI is InChI=1S/C11H20N2O5/c1-13(8-3-6-18-7-4-8)11(17)12-5-2-9(14)10(15)16/h8-9,14H,2-7H2,1H3,(H,12,17)(H,15,16). The lowest BCUT2D eigenvalue weighted by atomic mass is 10.1. The van der Waals surface area contributed by atoms with Gasteiger partial charge in [-0.1, -0.05) is 0 Å². The lowest BCUT2D eigenvalue weighted by molar-refractivity contribution is -0.146. The average molecular weight is 260 g/mol. The van der Waals surface area contributed by atoms with Gasteiger partial charge in [0.1, 0.15) is 0 Å². The number of nitrogens with zero attached hydrogens (tertiary/aromatic N) is 1. The van der Waals surface area contributed by atoms with Crippen LogP contribution in [-0.2, 0) is 9.53 Å². The molecule has 1 aliphatic heterocycles. The third-order valence-electron chi connectivity index (χ3n) is 3.04. The van der Waals surface area contributed by atoms with Crippen molar-refractivity contribution in [2.75, 3.05) is 26.8 Å². The van der Waals surface area contributed by atoms with Crippen molar-refractivity contribution in [1.82, 2.24) is 10.2 Å². The first-order valence-electron chi connectivity index (χ1n) is 6.01. The molecular formula is C11H20N2O5. The fourth-order valence-electron chi connectivity index (χ4n) is 1.80. The molecule has 1 unspecified atom stereocenters. The van der Waals surface area contributed by atoms with Gasteiger partial charge < -0.3 is 25.2 Å². The molecule has 18 heavy (non-hydrogen) atoms. The summed E-state index contributed by atoms with van der Waals surface area (Å²) in [6, 6.07) is -0.0948. The minimum atomic E-state index is -1.43. The van der Waals surface area contributed by atoms with E-state index in [4.69, 9.17) is 14.9 Å². The second kappa shape index (κ2) is 7.17. The molecule has 104 valence electrons. The highest BCUT2D eigenvalue weighted by molar-refractivity contribution is 5.74. The number of aliphatic carboxylic acids is 1. The van der Waals surface area contributed by atoms with E-state index in [1.54, 1.807) is 11.9 Å². The van der Waals surface area contributed by atoms with Crippen LogP contribution in [0.2, 0.25) is 0 Å². The van der Waals surface area contributed by atoms with Gasteiger partial charge in [0.2, 0.25) is 0 Å². The fraction of sp³-hybridized carbons (Fsp3) is 0.818. The average Bonchev–Trinajstić information content (AvgIpc) is 2.38. The van der Waals surface area contributed by atoms with E-state index in [0.29, 0.717) is 13.2 Å². The molecule has 1 saturated heterocycles. The highest BCUT2D eigenvalue weighted by Gasteiger charge is 2.22. The number of urea groups is 1. The van der Waals surface area contributed by atoms with Crippen molar-refractivity contribution in [3.05, 3.63) is 0 Å². The molecule has 1 heterocycles. The van der Waals surface area contributed by atoms with E-state index in [1.807, 2.05) is 0 Å². The highest BCUT2D eigenvalue weighted by Crippen LogP contribution is 2.12. The molecule has 0 aromatic carbocycles. The summed E-state index contributed by atoms with van der Waals surface area (Å²) in [5.41, 5.74) is 0. The molecule has 0 bridgehead atoms. The van der Waals surface area contributed by atoms with Gasteiger partial charge in [0.05, 0.1) is 0 Å². The van der Waals surface area contributed by atoms with Crippen molar-refractivity contribution < 1.29 is 24.5 Å². The molecule has 1 atom stereocenters. The van der Waals surface area contributed by atoms with Crippen LogP contribution in [0.4, 0.5) is 4.79 Å². The normalized spacial score (nSPS) is 18.1. The van der Waals surface area contributed by atoms with E-state index in [-0.39, 0.29) is 25.0 Å². The summed E-state index contributed by atoms with van der Waals surface area (Å²) in [5, 5.41) is 20.1. The van der Waals surface area contributed by atoms with E-state index >= 15 is 0 Å². The number of hydrogen-bond donors (Lipinski definition) is 3. The first kappa shape index (κ1) is 14.7. The maximum atomic E-state index is 11.7. The zero-order valence-corrected chi connectivity index (χ0v) is 10.5. The van der Waals surface area contributed by atoms with E-state index in [2.05, 4.69) is 5.32 Å². The van der Waals surface area contributed by atoms with Crippen LogP contribution in [0.3, 0.4) is 0 Å². The minimum Gasteiger partial charge on any atom is -0.479 e. The fourth-order valence-corrected chi connectivity index (χ4v) is 1.80. The van der Waals surface area contributed by atoms with Crippen molar-refractivity contribution in [3.63, 3.8) is 0 Å². The molecule has 0 aromatic rings. The molecular weight excluding hydrogens is 240 g/mol. The molecule has 1 aliphatic rings. The molecule has 2 amide bonds. The number of ether oxygens (including phenoxy) is 1. The van der Waals surface area contributed by atoms with Gasteiger partial charge in [0, 0.05) is 39.3 Å². The molecule has 0 aliphatic carbocycles. The van der Waals surface area contributed by atoms with Gasteiger partial charge in [-0.05, 0) is 12.8 Å². The lowest BCUT2D eigenvalue weighted by Crippen LogP contribution is -2.46. The summed E-state index contributed by atoms with van der Waals surface area (Å²) >= 11 is 0. The maximum Gasteiger partial charge on any atom is 0.332 e. The Labute approximate surface area is 106 Å². The van der Waals surface area contributed by atoms with Crippen LogP contribution in [0.25, 0.3) is 0 Å². The second-order valence-electron chi connectivity index (χ2n) is 4.33. The van der Waals surface area contributed by atoms with Crippen LogP contribution in [-0.4, -0.2) is 66.1 Å². The number of rotatable bonds is 5. The van der Waals surface area contributed by atoms with Crippen molar-refractivity contribution in [3.8, 4) is 0 Å². The molecule has 1 fully saturated rings.